The average Bonchev–Trinajstić information content (AvgIpc) is 2.90. The highest BCUT2D eigenvalue weighted by molar-refractivity contribution is 7.09. The predicted octanol–water partition coefficient (Wildman–Crippen LogP) is 3.09. The molecular weight excluding hydrogens is 256 g/mol. The van der Waals surface area contributed by atoms with E-state index in [0.29, 0.717) is 12.5 Å². The number of rotatable bonds is 6. The van der Waals surface area contributed by atoms with Gasteiger partial charge in [-0.15, -0.1) is 11.3 Å². The van der Waals surface area contributed by atoms with Crippen LogP contribution in [0.5, 0.6) is 0 Å². The van der Waals surface area contributed by atoms with Crippen molar-refractivity contribution in [3.63, 3.8) is 0 Å². The number of thiazole rings is 1. The van der Waals surface area contributed by atoms with E-state index >= 15 is 0 Å². The zero-order valence-electron chi connectivity index (χ0n) is 11.3. The largest absolute Gasteiger partial charge is 0.394 e. The van der Waals surface area contributed by atoms with Crippen molar-refractivity contribution in [3.05, 3.63) is 52.0 Å². The Balaban J connectivity index is 1.96. The molecule has 0 fully saturated rings. The van der Waals surface area contributed by atoms with Crippen molar-refractivity contribution in [1.29, 1.82) is 0 Å². The van der Waals surface area contributed by atoms with Crippen LogP contribution in [0.1, 0.15) is 42.1 Å². The fraction of sp³-hybridized carbons (Fsp3) is 0.400. The van der Waals surface area contributed by atoms with Crippen molar-refractivity contribution < 1.29 is 5.11 Å². The quantitative estimate of drug-likeness (QED) is 0.852. The molecule has 0 spiro atoms. The molecule has 0 amide bonds. The zero-order valence-corrected chi connectivity index (χ0v) is 12.2. The fourth-order valence-electron chi connectivity index (χ4n) is 1.87. The molecule has 0 saturated heterocycles. The minimum atomic E-state index is -0.0367. The van der Waals surface area contributed by atoms with Crippen molar-refractivity contribution in [2.24, 2.45) is 0 Å². The lowest BCUT2D eigenvalue weighted by molar-refractivity contribution is 0.243. The van der Waals surface area contributed by atoms with Crippen LogP contribution in [0.2, 0.25) is 0 Å². The number of hydrogen-bond acceptors (Lipinski definition) is 4. The molecule has 0 bridgehead atoms. The minimum Gasteiger partial charge on any atom is -0.394 e. The summed E-state index contributed by atoms with van der Waals surface area (Å²) in [5.41, 5.74) is 2.15. The standard InChI is InChI=1S/C15H20N2OS/c1-11(2)15-17-13(10-19-15)8-16-14(9-18)12-6-4-3-5-7-12/h3-7,10-11,14,16,18H,8-9H2,1-2H3. The minimum absolute atomic E-state index is 0.0367. The topological polar surface area (TPSA) is 45.2 Å². The van der Waals surface area contributed by atoms with Crippen LogP contribution in [0, 0.1) is 0 Å². The first-order valence-electron chi connectivity index (χ1n) is 6.54. The normalized spacial score (nSPS) is 12.8. The summed E-state index contributed by atoms with van der Waals surface area (Å²) >= 11 is 1.70. The van der Waals surface area contributed by atoms with Crippen molar-refractivity contribution in [2.75, 3.05) is 6.61 Å². The third-order valence-electron chi connectivity index (χ3n) is 2.98. The summed E-state index contributed by atoms with van der Waals surface area (Å²) < 4.78 is 0. The molecule has 2 rings (SSSR count). The lowest BCUT2D eigenvalue weighted by Crippen LogP contribution is -2.24. The number of benzene rings is 1. The Bertz CT molecular complexity index is 496. The van der Waals surface area contributed by atoms with Crippen LogP contribution in [0.3, 0.4) is 0 Å². The second kappa shape index (κ2) is 6.80. The molecule has 0 radical (unpaired) electrons. The van der Waals surface area contributed by atoms with Crippen molar-refractivity contribution in [3.8, 4) is 0 Å². The lowest BCUT2D eigenvalue weighted by atomic mass is 10.1. The molecule has 0 aliphatic heterocycles. The van der Waals surface area contributed by atoms with E-state index < -0.39 is 0 Å². The summed E-state index contributed by atoms with van der Waals surface area (Å²) in [6.07, 6.45) is 0. The molecule has 1 aromatic carbocycles. The van der Waals surface area contributed by atoms with E-state index in [-0.39, 0.29) is 12.6 Å². The van der Waals surface area contributed by atoms with E-state index in [2.05, 4.69) is 29.5 Å². The molecule has 2 aromatic rings. The SMILES string of the molecule is CC(C)c1nc(CNC(CO)c2ccccc2)cs1. The molecule has 3 nitrogen and oxygen atoms in total. The summed E-state index contributed by atoms with van der Waals surface area (Å²) in [5, 5.41) is 16.1. The van der Waals surface area contributed by atoms with E-state index in [9.17, 15) is 5.11 Å². The van der Waals surface area contributed by atoms with Crippen LogP contribution in [-0.2, 0) is 6.54 Å². The number of aliphatic hydroxyl groups excluding tert-OH is 1. The van der Waals surface area contributed by atoms with Gasteiger partial charge in [0.25, 0.3) is 0 Å². The Kier molecular flexibility index (Phi) is 5.07. The van der Waals surface area contributed by atoms with Crippen LogP contribution >= 0.6 is 11.3 Å². The van der Waals surface area contributed by atoms with Gasteiger partial charge in [-0.1, -0.05) is 44.2 Å². The van der Waals surface area contributed by atoms with Gasteiger partial charge in [0.15, 0.2) is 0 Å². The number of nitrogens with zero attached hydrogens (tertiary/aromatic N) is 1. The van der Waals surface area contributed by atoms with Crippen LogP contribution in [-0.4, -0.2) is 16.7 Å². The first kappa shape index (κ1) is 14.2. The Morgan fingerprint density at radius 2 is 2.00 bits per heavy atom. The summed E-state index contributed by atoms with van der Waals surface area (Å²) in [5.74, 6) is 0.474. The zero-order chi connectivity index (χ0) is 13.7. The van der Waals surface area contributed by atoms with Gasteiger partial charge in [0.05, 0.1) is 23.4 Å². The summed E-state index contributed by atoms with van der Waals surface area (Å²) in [6, 6.07) is 9.96. The average molecular weight is 276 g/mol. The van der Waals surface area contributed by atoms with Gasteiger partial charge in [-0.2, -0.15) is 0 Å². The van der Waals surface area contributed by atoms with Gasteiger partial charge < -0.3 is 10.4 Å². The highest BCUT2D eigenvalue weighted by atomic mass is 32.1. The van der Waals surface area contributed by atoms with E-state index in [1.165, 1.54) is 0 Å². The first-order chi connectivity index (χ1) is 9.20. The maximum absolute atomic E-state index is 9.47. The van der Waals surface area contributed by atoms with Crippen LogP contribution in [0.15, 0.2) is 35.7 Å². The number of aliphatic hydroxyl groups is 1. The third-order valence-corrected chi connectivity index (χ3v) is 4.17. The van der Waals surface area contributed by atoms with Crippen molar-refractivity contribution >= 4 is 11.3 Å². The van der Waals surface area contributed by atoms with Gasteiger partial charge in [-0.25, -0.2) is 4.98 Å². The van der Waals surface area contributed by atoms with Crippen molar-refractivity contribution in [2.45, 2.75) is 32.4 Å². The molecule has 1 atom stereocenters. The second-order valence-corrected chi connectivity index (χ2v) is 5.75. The summed E-state index contributed by atoms with van der Waals surface area (Å²) in [6.45, 7) is 5.07. The molecule has 0 saturated carbocycles. The molecule has 0 aliphatic rings. The Labute approximate surface area is 118 Å². The molecule has 2 N–H and O–H groups in total. The maximum Gasteiger partial charge on any atom is 0.0954 e. The second-order valence-electron chi connectivity index (χ2n) is 4.86. The Hall–Kier alpha value is -1.23. The van der Waals surface area contributed by atoms with Gasteiger partial charge >= 0.3 is 0 Å². The fourth-order valence-corrected chi connectivity index (χ4v) is 2.70. The Morgan fingerprint density at radius 3 is 2.58 bits per heavy atom. The molecule has 102 valence electrons. The number of nitrogens with one attached hydrogen (secondary N) is 1. The predicted molar refractivity (Wildman–Crippen MR) is 79.3 cm³/mol. The van der Waals surface area contributed by atoms with E-state index in [0.717, 1.165) is 16.3 Å². The maximum atomic E-state index is 9.47. The van der Waals surface area contributed by atoms with Crippen LogP contribution in [0.25, 0.3) is 0 Å². The van der Waals surface area contributed by atoms with Gasteiger partial charge in [0, 0.05) is 17.8 Å². The highest BCUT2D eigenvalue weighted by Crippen LogP contribution is 2.20. The van der Waals surface area contributed by atoms with Crippen LogP contribution < -0.4 is 5.32 Å². The Morgan fingerprint density at radius 1 is 1.26 bits per heavy atom. The molecule has 19 heavy (non-hydrogen) atoms. The first-order valence-corrected chi connectivity index (χ1v) is 7.42. The molecule has 1 aromatic heterocycles. The number of aromatic nitrogens is 1. The van der Waals surface area contributed by atoms with Gasteiger partial charge in [-0.05, 0) is 5.56 Å². The molecular formula is C15H20N2OS. The smallest absolute Gasteiger partial charge is 0.0954 e. The van der Waals surface area contributed by atoms with E-state index in [1.54, 1.807) is 11.3 Å². The van der Waals surface area contributed by atoms with Crippen molar-refractivity contribution in [1.82, 2.24) is 10.3 Å². The molecule has 0 aliphatic carbocycles. The van der Waals surface area contributed by atoms with Gasteiger partial charge in [0.1, 0.15) is 0 Å². The van der Waals surface area contributed by atoms with E-state index in [4.69, 9.17) is 0 Å². The van der Waals surface area contributed by atoms with Gasteiger partial charge in [-0.3, -0.25) is 0 Å². The molecule has 4 heteroatoms. The summed E-state index contributed by atoms with van der Waals surface area (Å²) in [7, 11) is 0. The van der Waals surface area contributed by atoms with Gasteiger partial charge in [0.2, 0.25) is 0 Å². The summed E-state index contributed by atoms with van der Waals surface area (Å²) in [4.78, 5) is 4.58. The molecule has 1 unspecified atom stereocenters. The van der Waals surface area contributed by atoms with E-state index in [1.807, 2.05) is 30.3 Å². The highest BCUT2D eigenvalue weighted by Gasteiger charge is 2.11. The lowest BCUT2D eigenvalue weighted by Gasteiger charge is -2.15. The number of hydrogen-bond donors (Lipinski definition) is 2. The molecule has 1 heterocycles. The third kappa shape index (κ3) is 3.86. The monoisotopic (exact) mass is 276 g/mol. The van der Waals surface area contributed by atoms with Crippen LogP contribution in [0.4, 0.5) is 0 Å².